The number of carbonyl (C=O) groups excluding carboxylic acids is 1. The maximum absolute atomic E-state index is 13.4. The molecule has 3 aromatic rings. The van der Waals surface area contributed by atoms with E-state index < -0.39 is 15.9 Å². The quantitative estimate of drug-likeness (QED) is 0.482. The monoisotopic (exact) mass is 435 g/mol. The van der Waals surface area contributed by atoms with Crippen molar-refractivity contribution in [1.82, 2.24) is 0 Å². The second-order valence-corrected chi connectivity index (χ2v) is 8.88. The smallest absolute Gasteiger partial charge is 0.271 e. The largest absolute Gasteiger partial charge is 0.494 e. The number of hydrogen-bond acceptors (Lipinski definition) is 4. The van der Waals surface area contributed by atoms with Crippen LogP contribution in [0.2, 0.25) is 0 Å². The van der Waals surface area contributed by atoms with Gasteiger partial charge in [0.25, 0.3) is 15.9 Å². The lowest BCUT2D eigenvalue weighted by atomic mass is 10.1. The Morgan fingerprint density at radius 3 is 1.97 bits per heavy atom. The van der Waals surface area contributed by atoms with Crippen molar-refractivity contribution in [2.45, 2.75) is 25.7 Å². The van der Waals surface area contributed by atoms with Crippen molar-refractivity contribution in [3.05, 3.63) is 95.6 Å². The first kappa shape index (κ1) is 22.3. The number of aryl methyl sites for hydroxylation is 2. The van der Waals surface area contributed by atoms with E-state index in [1.807, 2.05) is 45.0 Å². The molecule has 0 N–H and O–H groups in total. The summed E-state index contributed by atoms with van der Waals surface area (Å²) in [7, 11) is -4.11. The molecule has 3 aromatic carbocycles. The fourth-order valence-electron chi connectivity index (χ4n) is 2.96. The number of rotatable bonds is 7. The van der Waals surface area contributed by atoms with E-state index >= 15 is 0 Å². The van der Waals surface area contributed by atoms with Gasteiger partial charge in [0.05, 0.1) is 17.2 Å². The Morgan fingerprint density at radius 2 is 1.42 bits per heavy atom. The molecule has 160 valence electrons. The van der Waals surface area contributed by atoms with Gasteiger partial charge >= 0.3 is 0 Å². The van der Waals surface area contributed by atoms with Crippen LogP contribution in [0, 0.1) is 13.8 Å². The minimum Gasteiger partial charge on any atom is -0.494 e. The minimum absolute atomic E-state index is 0.0454. The molecule has 3 rings (SSSR count). The Hall–Kier alpha value is -3.38. The SMILES string of the molecule is CCOc1ccc(N(C(=O)/C=C/c2ccc(C)cc2)S(=O)(=O)c2ccc(C)cc2)cc1. The summed E-state index contributed by atoms with van der Waals surface area (Å²) in [4.78, 5) is 13.2. The molecule has 0 atom stereocenters. The highest BCUT2D eigenvalue weighted by molar-refractivity contribution is 7.93. The topological polar surface area (TPSA) is 63.7 Å². The molecule has 0 aliphatic rings. The van der Waals surface area contributed by atoms with Gasteiger partial charge in [-0.05, 0) is 68.8 Å². The molecule has 0 aliphatic carbocycles. The van der Waals surface area contributed by atoms with Crippen LogP contribution in [0.5, 0.6) is 5.75 Å². The Bertz CT molecular complexity index is 1160. The van der Waals surface area contributed by atoms with Gasteiger partial charge in [-0.2, -0.15) is 4.31 Å². The number of sulfonamides is 1. The predicted molar refractivity (Wildman–Crippen MR) is 124 cm³/mol. The summed E-state index contributed by atoms with van der Waals surface area (Å²) in [6.45, 7) is 6.20. The molecule has 1 amide bonds. The Kier molecular flexibility index (Phi) is 6.92. The number of nitrogens with zero attached hydrogens (tertiary/aromatic N) is 1. The van der Waals surface area contributed by atoms with E-state index in [-0.39, 0.29) is 10.6 Å². The van der Waals surface area contributed by atoms with Crippen molar-refractivity contribution in [2.24, 2.45) is 0 Å². The lowest BCUT2D eigenvalue weighted by Gasteiger charge is -2.22. The number of amides is 1. The van der Waals surface area contributed by atoms with Gasteiger partial charge in [-0.3, -0.25) is 4.79 Å². The molecular formula is C25H25NO4S. The predicted octanol–water partition coefficient (Wildman–Crippen LogP) is 5.14. The third-order valence-corrected chi connectivity index (χ3v) is 6.38. The first-order chi connectivity index (χ1) is 14.8. The molecule has 31 heavy (non-hydrogen) atoms. The van der Waals surface area contributed by atoms with Crippen LogP contribution in [0.4, 0.5) is 5.69 Å². The van der Waals surface area contributed by atoms with Gasteiger partial charge in [0.15, 0.2) is 0 Å². The summed E-state index contributed by atoms with van der Waals surface area (Å²) in [6.07, 6.45) is 2.88. The summed E-state index contributed by atoms with van der Waals surface area (Å²) in [5.74, 6) is -0.0631. The van der Waals surface area contributed by atoms with Gasteiger partial charge in [0.2, 0.25) is 0 Å². The van der Waals surface area contributed by atoms with Crippen LogP contribution >= 0.6 is 0 Å². The third kappa shape index (κ3) is 5.41. The van der Waals surface area contributed by atoms with Crippen LogP contribution in [0.1, 0.15) is 23.6 Å². The molecular weight excluding hydrogens is 410 g/mol. The van der Waals surface area contributed by atoms with Crippen molar-refractivity contribution in [3.63, 3.8) is 0 Å². The molecule has 6 heteroatoms. The Labute approximate surface area is 183 Å². The average Bonchev–Trinajstić information content (AvgIpc) is 2.75. The first-order valence-corrected chi connectivity index (χ1v) is 11.4. The van der Waals surface area contributed by atoms with Crippen LogP contribution in [0.25, 0.3) is 6.08 Å². The Balaban J connectivity index is 2.01. The summed E-state index contributed by atoms with van der Waals surface area (Å²) < 4.78 is 33.0. The molecule has 0 radical (unpaired) electrons. The molecule has 5 nitrogen and oxygen atoms in total. The number of carbonyl (C=O) groups is 1. The van der Waals surface area contributed by atoms with E-state index in [0.717, 1.165) is 21.0 Å². The first-order valence-electron chi connectivity index (χ1n) is 9.95. The van der Waals surface area contributed by atoms with Crippen molar-refractivity contribution < 1.29 is 17.9 Å². The lowest BCUT2D eigenvalue weighted by Crippen LogP contribution is -2.35. The zero-order valence-electron chi connectivity index (χ0n) is 17.8. The van der Waals surface area contributed by atoms with Crippen molar-refractivity contribution in [3.8, 4) is 5.75 Å². The van der Waals surface area contributed by atoms with Crippen molar-refractivity contribution in [1.29, 1.82) is 0 Å². The van der Waals surface area contributed by atoms with Crippen LogP contribution in [0.3, 0.4) is 0 Å². The lowest BCUT2D eigenvalue weighted by molar-refractivity contribution is -0.113. The average molecular weight is 436 g/mol. The van der Waals surface area contributed by atoms with Gasteiger partial charge in [-0.15, -0.1) is 0 Å². The second kappa shape index (κ2) is 9.62. The summed E-state index contributed by atoms with van der Waals surface area (Å²) in [6, 6.07) is 20.4. The van der Waals surface area contributed by atoms with Crippen LogP contribution < -0.4 is 9.04 Å². The number of hydrogen-bond donors (Lipinski definition) is 0. The number of ether oxygens (including phenoxy) is 1. The van der Waals surface area contributed by atoms with E-state index in [1.165, 1.54) is 18.2 Å². The van der Waals surface area contributed by atoms with Gasteiger partial charge in [0.1, 0.15) is 5.75 Å². The van der Waals surface area contributed by atoms with Gasteiger partial charge < -0.3 is 4.74 Å². The minimum atomic E-state index is -4.11. The number of benzene rings is 3. The highest BCUT2D eigenvalue weighted by Crippen LogP contribution is 2.27. The van der Waals surface area contributed by atoms with Crippen LogP contribution in [-0.4, -0.2) is 20.9 Å². The molecule has 0 bridgehead atoms. The normalized spacial score (nSPS) is 11.5. The fourth-order valence-corrected chi connectivity index (χ4v) is 4.35. The Morgan fingerprint density at radius 1 is 0.871 bits per heavy atom. The van der Waals surface area contributed by atoms with E-state index in [0.29, 0.717) is 12.4 Å². The molecule has 0 saturated heterocycles. The zero-order valence-corrected chi connectivity index (χ0v) is 18.6. The summed E-state index contributed by atoms with van der Waals surface area (Å²) in [5.41, 5.74) is 3.07. The van der Waals surface area contributed by atoms with E-state index in [2.05, 4.69) is 0 Å². The highest BCUT2D eigenvalue weighted by Gasteiger charge is 2.29. The molecule has 0 saturated carbocycles. The summed E-state index contributed by atoms with van der Waals surface area (Å²) >= 11 is 0. The molecule has 0 fully saturated rings. The van der Waals surface area contributed by atoms with E-state index in [9.17, 15) is 13.2 Å². The van der Waals surface area contributed by atoms with Crippen LogP contribution in [-0.2, 0) is 14.8 Å². The third-order valence-electron chi connectivity index (χ3n) is 4.64. The highest BCUT2D eigenvalue weighted by atomic mass is 32.2. The molecule has 0 spiro atoms. The molecule has 0 aromatic heterocycles. The zero-order chi connectivity index (χ0) is 22.4. The van der Waals surface area contributed by atoms with Gasteiger partial charge in [-0.1, -0.05) is 47.5 Å². The fraction of sp³-hybridized carbons (Fsp3) is 0.160. The van der Waals surface area contributed by atoms with E-state index in [1.54, 1.807) is 42.5 Å². The van der Waals surface area contributed by atoms with Gasteiger partial charge in [0, 0.05) is 6.08 Å². The van der Waals surface area contributed by atoms with Gasteiger partial charge in [-0.25, -0.2) is 8.42 Å². The second-order valence-electron chi connectivity index (χ2n) is 7.09. The van der Waals surface area contributed by atoms with Crippen molar-refractivity contribution in [2.75, 3.05) is 10.9 Å². The molecule has 0 aliphatic heterocycles. The van der Waals surface area contributed by atoms with E-state index in [4.69, 9.17) is 4.74 Å². The summed E-state index contributed by atoms with van der Waals surface area (Å²) in [5, 5.41) is 0. The maximum atomic E-state index is 13.4. The molecule has 0 heterocycles. The standard InChI is InChI=1S/C25H25NO4S/c1-4-30-23-14-12-22(13-15-23)26(31(28,29)24-16-7-20(3)8-17-24)25(27)18-11-21-9-5-19(2)6-10-21/h5-18H,4H2,1-3H3/b18-11+. The van der Waals surface area contributed by atoms with Crippen LogP contribution in [0.15, 0.2) is 83.8 Å². The maximum Gasteiger partial charge on any atom is 0.271 e. The number of anilines is 1. The molecule has 0 unspecified atom stereocenters. The van der Waals surface area contributed by atoms with Crippen molar-refractivity contribution >= 4 is 27.7 Å².